The summed E-state index contributed by atoms with van der Waals surface area (Å²) in [7, 11) is 0. The topological polar surface area (TPSA) is 62.9 Å². The van der Waals surface area contributed by atoms with Crippen LogP contribution in [0.1, 0.15) is 6.42 Å². The van der Waals surface area contributed by atoms with Crippen LogP contribution >= 0.6 is 35.7 Å². The fourth-order valence-electron chi connectivity index (χ4n) is 1.79. The minimum absolute atomic E-state index is 0. The van der Waals surface area contributed by atoms with Gasteiger partial charge in [0.15, 0.2) is 5.96 Å². The number of nitrogens with zero attached hydrogens (tertiary/aromatic N) is 2. The molecule has 1 saturated heterocycles. The Morgan fingerprint density at radius 1 is 1.45 bits per heavy atom. The standard InChI is InChI=1S/C13H26N4OS.HI/c1-2-11-19-12-5-16-13(14)15-4-3-6-17-7-9-18-10-8-17;/h2H,1,3-12H2,(H3,14,15,16);1H. The first-order chi connectivity index (χ1) is 9.33. The average molecular weight is 414 g/mol. The summed E-state index contributed by atoms with van der Waals surface area (Å²) in [5, 5.41) is 3.12. The lowest BCUT2D eigenvalue weighted by Crippen LogP contribution is -2.37. The maximum Gasteiger partial charge on any atom is 0.188 e. The Labute approximate surface area is 143 Å². The second kappa shape index (κ2) is 14.0. The summed E-state index contributed by atoms with van der Waals surface area (Å²) in [5.41, 5.74) is 5.78. The van der Waals surface area contributed by atoms with E-state index in [0.29, 0.717) is 5.96 Å². The van der Waals surface area contributed by atoms with Crippen LogP contribution < -0.4 is 11.1 Å². The second-order valence-corrected chi connectivity index (χ2v) is 5.51. The zero-order valence-corrected chi connectivity index (χ0v) is 15.2. The van der Waals surface area contributed by atoms with Gasteiger partial charge in [0.05, 0.1) is 13.2 Å². The van der Waals surface area contributed by atoms with Crippen molar-refractivity contribution in [3.8, 4) is 0 Å². The molecule has 0 aliphatic carbocycles. The van der Waals surface area contributed by atoms with Crippen LogP contribution in [-0.2, 0) is 4.74 Å². The number of halogens is 1. The maximum atomic E-state index is 5.78. The molecule has 0 aromatic carbocycles. The predicted molar refractivity (Wildman–Crippen MR) is 99.3 cm³/mol. The van der Waals surface area contributed by atoms with Gasteiger partial charge in [0.25, 0.3) is 0 Å². The first kappa shape index (κ1) is 20.0. The van der Waals surface area contributed by atoms with Crippen LogP contribution in [0, 0.1) is 0 Å². The number of nitrogens with two attached hydrogens (primary N) is 1. The van der Waals surface area contributed by atoms with Crippen molar-refractivity contribution in [1.29, 1.82) is 0 Å². The van der Waals surface area contributed by atoms with E-state index in [4.69, 9.17) is 10.5 Å². The zero-order valence-electron chi connectivity index (χ0n) is 12.1. The zero-order chi connectivity index (χ0) is 13.8. The monoisotopic (exact) mass is 414 g/mol. The predicted octanol–water partition coefficient (Wildman–Crippen LogP) is 1.15. The number of rotatable bonds is 9. The minimum atomic E-state index is 0. The van der Waals surface area contributed by atoms with Crippen molar-refractivity contribution in [2.75, 3.05) is 57.4 Å². The molecule has 0 aromatic rings. The van der Waals surface area contributed by atoms with E-state index in [2.05, 4.69) is 21.8 Å². The number of hydrogen-bond acceptors (Lipinski definition) is 4. The van der Waals surface area contributed by atoms with Gasteiger partial charge >= 0.3 is 0 Å². The molecular weight excluding hydrogens is 387 g/mol. The van der Waals surface area contributed by atoms with Crippen LogP contribution in [0.4, 0.5) is 0 Å². The van der Waals surface area contributed by atoms with Crippen molar-refractivity contribution >= 4 is 41.7 Å². The number of ether oxygens (including phenoxy) is 1. The highest BCUT2D eigenvalue weighted by atomic mass is 127. The maximum absolute atomic E-state index is 5.78. The molecule has 5 nitrogen and oxygen atoms in total. The Morgan fingerprint density at radius 2 is 2.20 bits per heavy atom. The van der Waals surface area contributed by atoms with Gasteiger partial charge in [0.1, 0.15) is 0 Å². The van der Waals surface area contributed by atoms with Crippen LogP contribution in [0.25, 0.3) is 0 Å². The molecule has 0 bridgehead atoms. The molecular formula is C13H27IN4OS. The summed E-state index contributed by atoms with van der Waals surface area (Å²) >= 11 is 1.83. The molecule has 3 N–H and O–H groups in total. The lowest BCUT2D eigenvalue weighted by molar-refractivity contribution is 0.0377. The van der Waals surface area contributed by atoms with E-state index in [1.807, 2.05) is 17.8 Å². The van der Waals surface area contributed by atoms with Gasteiger partial charge in [0.2, 0.25) is 0 Å². The van der Waals surface area contributed by atoms with Crippen LogP contribution in [0.2, 0.25) is 0 Å². The Hall–Kier alpha value is 0.01000. The Morgan fingerprint density at radius 3 is 2.90 bits per heavy atom. The van der Waals surface area contributed by atoms with Crippen LogP contribution in [0.15, 0.2) is 17.6 Å². The van der Waals surface area contributed by atoms with Crippen LogP contribution in [0.5, 0.6) is 0 Å². The first-order valence-corrected chi connectivity index (χ1v) is 8.01. The molecule has 0 aromatic heterocycles. The SMILES string of the molecule is C=CCSCCNC(N)=NCCCN1CCOCC1.I. The van der Waals surface area contributed by atoms with Gasteiger partial charge in [-0.3, -0.25) is 9.89 Å². The van der Waals surface area contributed by atoms with Gasteiger partial charge in [-0.15, -0.1) is 30.6 Å². The molecule has 1 heterocycles. The minimum Gasteiger partial charge on any atom is -0.379 e. The normalized spacial score (nSPS) is 16.5. The van der Waals surface area contributed by atoms with Crippen molar-refractivity contribution in [1.82, 2.24) is 10.2 Å². The molecule has 0 unspecified atom stereocenters. The van der Waals surface area contributed by atoms with E-state index in [0.717, 1.165) is 63.9 Å². The Bertz CT molecular complexity index is 273. The van der Waals surface area contributed by atoms with Gasteiger partial charge in [0, 0.05) is 44.2 Å². The number of aliphatic imine (C=N–C) groups is 1. The van der Waals surface area contributed by atoms with Gasteiger partial charge in [-0.2, -0.15) is 11.8 Å². The van der Waals surface area contributed by atoms with Gasteiger partial charge in [-0.25, -0.2) is 0 Å². The number of thioether (sulfide) groups is 1. The molecule has 1 rings (SSSR count). The third kappa shape index (κ3) is 10.8. The smallest absolute Gasteiger partial charge is 0.188 e. The molecule has 1 fully saturated rings. The summed E-state index contributed by atoms with van der Waals surface area (Å²) in [6, 6.07) is 0. The highest BCUT2D eigenvalue weighted by molar-refractivity contribution is 14.0. The fourth-order valence-corrected chi connectivity index (χ4v) is 2.37. The van der Waals surface area contributed by atoms with Crippen LogP contribution in [0.3, 0.4) is 0 Å². The van der Waals surface area contributed by atoms with E-state index < -0.39 is 0 Å². The third-order valence-electron chi connectivity index (χ3n) is 2.81. The van der Waals surface area contributed by atoms with Crippen molar-refractivity contribution < 1.29 is 4.74 Å². The molecule has 0 spiro atoms. The summed E-state index contributed by atoms with van der Waals surface area (Å²) < 4.78 is 5.31. The van der Waals surface area contributed by atoms with E-state index in [9.17, 15) is 0 Å². The van der Waals surface area contributed by atoms with Gasteiger partial charge in [-0.05, 0) is 6.42 Å². The molecule has 7 heteroatoms. The Kier molecular flexibility index (Phi) is 14.0. The van der Waals surface area contributed by atoms with Crippen molar-refractivity contribution in [2.24, 2.45) is 10.7 Å². The highest BCUT2D eigenvalue weighted by Crippen LogP contribution is 1.98. The van der Waals surface area contributed by atoms with Crippen molar-refractivity contribution in [3.63, 3.8) is 0 Å². The number of guanidine groups is 1. The lowest BCUT2D eigenvalue weighted by atomic mass is 10.3. The molecule has 1 aliphatic heterocycles. The van der Waals surface area contributed by atoms with E-state index >= 15 is 0 Å². The summed E-state index contributed by atoms with van der Waals surface area (Å²) in [6.45, 7) is 10.2. The molecule has 0 amide bonds. The highest BCUT2D eigenvalue weighted by Gasteiger charge is 2.08. The number of hydrogen-bond donors (Lipinski definition) is 2. The fraction of sp³-hybridized carbons (Fsp3) is 0.769. The molecule has 118 valence electrons. The molecule has 0 saturated carbocycles. The van der Waals surface area contributed by atoms with Crippen LogP contribution in [-0.4, -0.2) is 68.3 Å². The van der Waals surface area contributed by atoms with Crippen molar-refractivity contribution in [3.05, 3.63) is 12.7 Å². The second-order valence-electron chi connectivity index (χ2n) is 4.36. The summed E-state index contributed by atoms with van der Waals surface area (Å²) in [6.07, 6.45) is 2.96. The van der Waals surface area contributed by atoms with E-state index in [1.165, 1.54) is 0 Å². The van der Waals surface area contributed by atoms with Gasteiger partial charge in [-0.1, -0.05) is 6.08 Å². The first-order valence-electron chi connectivity index (χ1n) is 6.85. The van der Waals surface area contributed by atoms with Gasteiger partial charge < -0.3 is 15.8 Å². The summed E-state index contributed by atoms with van der Waals surface area (Å²) in [4.78, 5) is 6.73. The quantitative estimate of drug-likeness (QED) is 0.195. The molecule has 0 atom stereocenters. The molecule has 0 radical (unpaired) electrons. The molecule has 1 aliphatic rings. The summed E-state index contributed by atoms with van der Waals surface area (Å²) in [5.74, 6) is 2.56. The largest absolute Gasteiger partial charge is 0.379 e. The lowest BCUT2D eigenvalue weighted by Gasteiger charge is -2.26. The average Bonchev–Trinajstić information content (AvgIpc) is 2.44. The number of nitrogens with one attached hydrogen (secondary N) is 1. The van der Waals surface area contributed by atoms with E-state index in [1.54, 1.807) is 0 Å². The van der Waals surface area contributed by atoms with Crippen molar-refractivity contribution in [2.45, 2.75) is 6.42 Å². The van der Waals surface area contributed by atoms with E-state index in [-0.39, 0.29) is 24.0 Å². The number of morpholine rings is 1. The third-order valence-corrected chi connectivity index (χ3v) is 3.77. The Balaban J connectivity index is 0.00000361. The molecule has 20 heavy (non-hydrogen) atoms.